The summed E-state index contributed by atoms with van der Waals surface area (Å²) in [5, 5.41) is 10.7. The van der Waals surface area contributed by atoms with Gasteiger partial charge in [-0.25, -0.2) is 9.48 Å². The fourth-order valence-corrected chi connectivity index (χ4v) is 3.98. The van der Waals surface area contributed by atoms with E-state index in [1.807, 2.05) is 12.1 Å². The van der Waals surface area contributed by atoms with Crippen LogP contribution >= 0.6 is 11.6 Å². The molecule has 176 valence electrons. The van der Waals surface area contributed by atoms with Crippen LogP contribution in [0.1, 0.15) is 35.4 Å². The van der Waals surface area contributed by atoms with E-state index in [0.717, 1.165) is 5.56 Å². The third-order valence-electron chi connectivity index (χ3n) is 5.28. The number of fused-ring (bicyclic) bond motifs is 1. The molecule has 1 unspecified atom stereocenters. The molecular weight excluding hydrogens is 460 g/mol. The molecule has 9 nitrogen and oxygen atoms in total. The van der Waals surface area contributed by atoms with Crippen molar-refractivity contribution in [2.45, 2.75) is 26.0 Å². The van der Waals surface area contributed by atoms with Crippen molar-refractivity contribution >= 4 is 40.9 Å². The number of hydrogen-bond donors (Lipinski definition) is 2. The summed E-state index contributed by atoms with van der Waals surface area (Å²) in [6.45, 7) is 2.23. The van der Waals surface area contributed by atoms with Crippen LogP contribution < -0.4 is 10.6 Å². The minimum atomic E-state index is -0.822. The fourth-order valence-electron chi connectivity index (χ4n) is 3.79. The van der Waals surface area contributed by atoms with Gasteiger partial charge < -0.3 is 20.1 Å². The molecule has 1 aliphatic rings. The number of nitrogens with one attached hydrogen (secondary N) is 2. The maximum Gasteiger partial charge on any atom is 0.338 e. The summed E-state index contributed by atoms with van der Waals surface area (Å²) >= 11 is 6.16. The van der Waals surface area contributed by atoms with Crippen molar-refractivity contribution in [1.82, 2.24) is 9.78 Å². The van der Waals surface area contributed by atoms with Gasteiger partial charge in [0.25, 0.3) is 5.91 Å². The van der Waals surface area contributed by atoms with Crippen LogP contribution in [0.3, 0.4) is 0 Å². The zero-order valence-corrected chi connectivity index (χ0v) is 19.4. The Hall–Kier alpha value is -3.69. The summed E-state index contributed by atoms with van der Waals surface area (Å²) < 4.78 is 11.8. The molecule has 0 radical (unpaired) electrons. The lowest BCUT2D eigenvalue weighted by molar-refractivity contribution is -0.123. The summed E-state index contributed by atoms with van der Waals surface area (Å²) in [7, 11) is 1.56. The van der Waals surface area contributed by atoms with E-state index in [4.69, 9.17) is 21.1 Å². The van der Waals surface area contributed by atoms with Crippen molar-refractivity contribution < 1.29 is 23.9 Å². The summed E-state index contributed by atoms with van der Waals surface area (Å²) in [4.78, 5) is 37.2. The molecule has 10 heteroatoms. The van der Waals surface area contributed by atoms with Crippen molar-refractivity contribution in [3.63, 3.8) is 0 Å². The molecule has 4 rings (SSSR count). The van der Waals surface area contributed by atoms with Crippen molar-refractivity contribution in [3.8, 4) is 11.1 Å². The molecule has 2 aromatic carbocycles. The van der Waals surface area contributed by atoms with E-state index in [9.17, 15) is 14.4 Å². The largest absolute Gasteiger partial charge is 0.462 e. The summed E-state index contributed by atoms with van der Waals surface area (Å²) in [5.41, 5.74) is 3.00. The maximum absolute atomic E-state index is 12.7. The number of aromatic nitrogens is 2. The lowest BCUT2D eigenvalue weighted by Crippen LogP contribution is -2.24. The van der Waals surface area contributed by atoms with Gasteiger partial charge >= 0.3 is 5.97 Å². The van der Waals surface area contributed by atoms with E-state index in [0.29, 0.717) is 33.3 Å². The molecule has 0 bridgehead atoms. The summed E-state index contributed by atoms with van der Waals surface area (Å²) in [6, 6.07) is 12.7. The standard InChI is InChI=1S/C24H23ClN4O5/c1-3-34-24(32)14-7-9-17(10-8-14)26-20(30)12-19-23(31)27-22-21(15-5-4-6-16(25)11-15)18(13-33-2)28-29(19)22/h4-11,19H,3,12-13H2,1-2H3,(H,26,30)(H,27,31). The second-order valence-electron chi connectivity index (χ2n) is 7.61. The molecule has 0 spiro atoms. The van der Waals surface area contributed by atoms with Crippen LogP contribution in [0.5, 0.6) is 0 Å². The van der Waals surface area contributed by atoms with Gasteiger partial charge in [-0.15, -0.1) is 0 Å². The number of benzene rings is 2. The van der Waals surface area contributed by atoms with Crippen LogP contribution in [0.15, 0.2) is 48.5 Å². The highest BCUT2D eigenvalue weighted by molar-refractivity contribution is 6.30. The summed E-state index contributed by atoms with van der Waals surface area (Å²) in [6.07, 6.45) is -0.123. The minimum absolute atomic E-state index is 0.123. The molecule has 1 atom stereocenters. The average Bonchev–Trinajstić information content (AvgIpc) is 3.29. The topological polar surface area (TPSA) is 112 Å². The first-order valence-corrected chi connectivity index (χ1v) is 11.0. The van der Waals surface area contributed by atoms with Gasteiger partial charge in [-0.2, -0.15) is 5.10 Å². The number of hydrogen-bond acceptors (Lipinski definition) is 6. The third kappa shape index (κ3) is 4.80. The van der Waals surface area contributed by atoms with Crippen LogP contribution in [0, 0.1) is 0 Å². The van der Waals surface area contributed by atoms with Crippen LogP contribution in [0.2, 0.25) is 5.02 Å². The highest BCUT2D eigenvalue weighted by Gasteiger charge is 2.37. The molecule has 0 aliphatic carbocycles. The molecule has 2 heterocycles. The SMILES string of the molecule is CCOC(=O)c1ccc(NC(=O)CC2C(=O)Nc3c(-c4cccc(Cl)c4)c(COC)nn32)cc1. The number of carbonyl (C=O) groups excluding carboxylic acids is 3. The van der Waals surface area contributed by atoms with E-state index in [2.05, 4.69) is 15.7 Å². The van der Waals surface area contributed by atoms with E-state index < -0.39 is 12.0 Å². The number of amides is 2. The highest BCUT2D eigenvalue weighted by Crippen LogP contribution is 2.39. The van der Waals surface area contributed by atoms with E-state index in [1.54, 1.807) is 50.4 Å². The van der Waals surface area contributed by atoms with E-state index in [1.165, 1.54) is 4.68 Å². The van der Waals surface area contributed by atoms with E-state index in [-0.39, 0.29) is 31.4 Å². The van der Waals surface area contributed by atoms with Gasteiger partial charge in [-0.1, -0.05) is 23.7 Å². The van der Waals surface area contributed by atoms with Crippen molar-refractivity contribution in [2.24, 2.45) is 0 Å². The predicted octanol–water partition coefficient (Wildman–Crippen LogP) is 4.05. The molecule has 0 saturated heterocycles. The highest BCUT2D eigenvalue weighted by atomic mass is 35.5. The normalized spacial score (nSPS) is 14.4. The average molecular weight is 483 g/mol. The maximum atomic E-state index is 12.7. The Morgan fingerprint density at radius 1 is 1.21 bits per heavy atom. The molecule has 3 aromatic rings. The van der Waals surface area contributed by atoms with Crippen LogP contribution in [0.25, 0.3) is 11.1 Å². The third-order valence-corrected chi connectivity index (χ3v) is 5.51. The van der Waals surface area contributed by atoms with Crippen LogP contribution in [0.4, 0.5) is 11.5 Å². The van der Waals surface area contributed by atoms with Crippen molar-refractivity contribution in [2.75, 3.05) is 24.4 Å². The molecule has 2 amide bonds. The molecule has 1 aliphatic heterocycles. The number of ether oxygens (including phenoxy) is 2. The molecule has 0 saturated carbocycles. The van der Waals surface area contributed by atoms with E-state index >= 15 is 0 Å². The van der Waals surface area contributed by atoms with Gasteiger partial charge in [-0.05, 0) is 48.9 Å². The Bertz CT molecular complexity index is 1240. The lowest BCUT2D eigenvalue weighted by atomic mass is 10.1. The zero-order valence-electron chi connectivity index (χ0n) is 18.6. The van der Waals surface area contributed by atoms with Crippen LogP contribution in [-0.2, 0) is 25.7 Å². The number of rotatable bonds is 8. The van der Waals surface area contributed by atoms with Gasteiger partial charge in [0.05, 0.1) is 30.9 Å². The number of anilines is 2. The second-order valence-corrected chi connectivity index (χ2v) is 8.05. The molecule has 0 fully saturated rings. The number of methoxy groups -OCH3 is 1. The first-order chi connectivity index (χ1) is 16.4. The summed E-state index contributed by atoms with van der Waals surface area (Å²) in [5.74, 6) is -0.639. The van der Waals surface area contributed by atoms with Crippen LogP contribution in [-0.4, -0.2) is 41.3 Å². The number of halogens is 1. The molecule has 2 N–H and O–H groups in total. The number of esters is 1. The first-order valence-electron chi connectivity index (χ1n) is 10.7. The smallest absolute Gasteiger partial charge is 0.338 e. The van der Waals surface area contributed by atoms with Crippen molar-refractivity contribution in [1.29, 1.82) is 0 Å². The van der Waals surface area contributed by atoms with Gasteiger partial charge in [0.15, 0.2) is 0 Å². The first kappa shape index (κ1) is 23.5. The fraction of sp³-hybridized carbons (Fsp3) is 0.250. The lowest BCUT2D eigenvalue weighted by Gasteiger charge is -2.10. The molecule has 1 aromatic heterocycles. The Morgan fingerprint density at radius 2 is 1.97 bits per heavy atom. The Labute approximate surface area is 201 Å². The van der Waals surface area contributed by atoms with Gasteiger partial charge in [-0.3, -0.25) is 9.59 Å². The predicted molar refractivity (Wildman–Crippen MR) is 127 cm³/mol. The number of carbonyl (C=O) groups is 3. The van der Waals surface area contributed by atoms with Gasteiger partial charge in [0, 0.05) is 23.4 Å². The minimum Gasteiger partial charge on any atom is -0.462 e. The molecular formula is C24H23ClN4O5. The quantitative estimate of drug-likeness (QED) is 0.468. The monoisotopic (exact) mass is 482 g/mol. The Kier molecular flexibility index (Phi) is 6.95. The zero-order chi connectivity index (χ0) is 24.2. The Morgan fingerprint density at radius 3 is 2.65 bits per heavy atom. The van der Waals surface area contributed by atoms with Crippen molar-refractivity contribution in [3.05, 3.63) is 64.8 Å². The Balaban J connectivity index is 1.53. The van der Waals surface area contributed by atoms with Gasteiger partial charge in [0.2, 0.25) is 5.91 Å². The second kappa shape index (κ2) is 10.1. The molecule has 34 heavy (non-hydrogen) atoms. The number of nitrogens with zero attached hydrogens (tertiary/aromatic N) is 2. The van der Waals surface area contributed by atoms with Gasteiger partial charge in [0.1, 0.15) is 11.9 Å².